The number of hydrogen-bond acceptors (Lipinski definition) is 3. The normalized spacial score (nSPS) is 51.4. The van der Waals surface area contributed by atoms with Crippen LogP contribution in [0.5, 0.6) is 0 Å². The summed E-state index contributed by atoms with van der Waals surface area (Å²) in [4.78, 5) is 0. The van der Waals surface area contributed by atoms with Crippen molar-refractivity contribution in [2.45, 2.75) is 44.4 Å². The van der Waals surface area contributed by atoms with Crippen molar-refractivity contribution in [3.05, 3.63) is 12.2 Å². The molecule has 2 aliphatic rings. The minimum absolute atomic E-state index is 0.0278. The lowest BCUT2D eigenvalue weighted by atomic mass is 10.0. The van der Waals surface area contributed by atoms with E-state index in [1.165, 1.54) is 0 Å². The second kappa shape index (κ2) is 2.55. The molecule has 2 rings (SSSR count). The van der Waals surface area contributed by atoms with Crippen LogP contribution in [0.3, 0.4) is 0 Å². The molecule has 2 aliphatic heterocycles. The highest BCUT2D eigenvalue weighted by Gasteiger charge is 2.47. The molecule has 0 radical (unpaired) electrons. The van der Waals surface area contributed by atoms with E-state index in [1.807, 2.05) is 13.8 Å². The zero-order chi connectivity index (χ0) is 8.77. The number of rotatable bonds is 1. The van der Waals surface area contributed by atoms with E-state index in [2.05, 4.69) is 0 Å². The van der Waals surface area contributed by atoms with E-state index in [0.29, 0.717) is 0 Å². The van der Waals surface area contributed by atoms with Gasteiger partial charge in [-0.2, -0.15) is 0 Å². The van der Waals surface area contributed by atoms with Gasteiger partial charge in [-0.05, 0) is 19.4 Å². The van der Waals surface area contributed by atoms with Gasteiger partial charge in [0.1, 0.15) is 12.2 Å². The van der Waals surface area contributed by atoms with Crippen LogP contribution in [0.4, 0.5) is 0 Å². The summed E-state index contributed by atoms with van der Waals surface area (Å²) in [5.74, 6) is -0.593. The van der Waals surface area contributed by atoms with Gasteiger partial charge in [0.15, 0.2) is 5.79 Å². The Labute approximate surface area is 72.0 Å². The number of aliphatic hydroxyl groups excluding tert-OH is 1. The van der Waals surface area contributed by atoms with E-state index in [1.54, 1.807) is 12.2 Å². The number of aliphatic hydroxyl groups is 1. The zero-order valence-corrected chi connectivity index (χ0v) is 7.36. The van der Waals surface area contributed by atoms with Gasteiger partial charge >= 0.3 is 0 Å². The highest BCUT2D eigenvalue weighted by atomic mass is 16.8. The summed E-state index contributed by atoms with van der Waals surface area (Å²) < 4.78 is 11.2. The maximum atomic E-state index is 9.52. The molecule has 0 aromatic heterocycles. The topological polar surface area (TPSA) is 38.7 Å². The second-order valence-electron chi connectivity index (χ2n) is 3.51. The highest BCUT2D eigenvalue weighted by Crippen LogP contribution is 2.36. The fraction of sp³-hybridized carbons (Fsp3) is 0.778. The van der Waals surface area contributed by atoms with Crippen LogP contribution in [-0.4, -0.2) is 29.2 Å². The van der Waals surface area contributed by atoms with Crippen LogP contribution in [0.1, 0.15) is 20.3 Å². The average Bonchev–Trinajstić information content (AvgIpc) is 2.34. The molecule has 12 heavy (non-hydrogen) atoms. The van der Waals surface area contributed by atoms with Gasteiger partial charge in [-0.15, -0.1) is 0 Å². The van der Waals surface area contributed by atoms with Crippen molar-refractivity contribution in [3.8, 4) is 0 Å². The van der Waals surface area contributed by atoms with Crippen LogP contribution in [0.15, 0.2) is 12.2 Å². The zero-order valence-electron chi connectivity index (χ0n) is 7.36. The molecule has 1 fully saturated rings. The second-order valence-corrected chi connectivity index (χ2v) is 3.51. The van der Waals surface area contributed by atoms with Gasteiger partial charge in [0.25, 0.3) is 0 Å². The van der Waals surface area contributed by atoms with E-state index < -0.39 is 11.9 Å². The average molecular weight is 170 g/mol. The van der Waals surface area contributed by atoms with Crippen molar-refractivity contribution in [3.63, 3.8) is 0 Å². The van der Waals surface area contributed by atoms with Crippen molar-refractivity contribution in [1.29, 1.82) is 0 Å². The molecule has 0 amide bonds. The Hall–Kier alpha value is -0.380. The summed E-state index contributed by atoms with van der Waals surface area (Å²) in [6.45, 7) is 3.91. The monoisotopic (exact) mass is 170 g/mol. The molecule has 1 saturated heterocycles. The molecule has 0 aromatic rings. The lowest BCUT2D eigenvalue weighted by Gasteiger charge is -2.24. The van der Waals surface area contributed by atoms with Gasteiger partial charge in [0, 0.05) is 0 Å². The Kier molecular flexibility index (Phi) is 1.75. The first-order valence-corrected chi connectivity index (χ1v) is 4.38. The Bertz CT molecular complexity index is 210. The third-order valence-corrected chi connectivity index (χ3v) is 2.46. The largest absolute Gasteiger partial charge is 0.386 e. The van der Waals surface area contributed by atoms with Crippen molar-refractivity contribution in [2.75, 3.05) is 0 Å². The highest BCUT2D eigenvalue weighted by molar-refractivity contribution is 5.10. The molecule has 0 saturated carbocycles. The lowest BCUT2D eigenvalue weighted by Crippen LogP contribution is -2.36. The summed E-state index contributed by atoms with van der Waals surface area (Å²) in [5, 5.41) is 9.52. The molecule has 3 heteroatoms. The quantitative estimate of drug-likeness (QED) is 0.592. The van der Waals surface area contributed by atoms with Crippen LogP contribution < -0.4 is 0 Å². The maximum absolute atomic E-state index is 9.52. The fourth-order valence-electron chi connectivity index (χ4n) is 1.81. The summed E-state index contributed by atoms with van der Waals surface area (Å²) >= 11 is 0. The molecule has 0 aliphatic carbocycles. The van der Waals surface area contributed by atoms with Crippen LogP contribution in [-0.2, 0) is 9.47 Å². The number of ether oxygens (including phenoxy) is 2. The minimum atomic E-state index is -0.593. The van der Waals surface area contributed by atoms with Crippen LogP contribution in [0.25, 0.3) is 0 Å². The summed E-state index contributed by atoms with van der Waals surface area (Å²) in [6.07, 6.45) is 3.75. The Morgan fingerprint density at radius 3 is 2.92 bits per heavy atom. The van der Waals surface area contributed by atoms with E-state index in [4.69, 9.17) is 9.47 Å². The smallest absolute Gasteiger partial charge is 0.186 e. The molecule has 4 unspecified atom stereocenters. The van der Waals surface area contributed by atoms with Crippen molar-refractivity contribution >= 4 is 0 Å². The molecule has 68 valence electrons. The first-order valence-electron chi connectivity index (χ1n) is 4.38. The third kappa shape index (κ3) is 1.09. The predicted octanol–water partition coefficient (Wildman–Crippen LogP) is 0.827. The molecule has 3 nitrogen and oxygen atoms in total. The molecule has 0 aromatic carbocycles. The van der Waals surface area contributed by atoms with E-state index in [9.17, 15) is 5.11 Å². The van der Waals surface area contributed by atoms with Gasteiger partial charge in [0.05, 0.1) is 6.10 Å². The van der Waals surface area contributed by atoms with Gasteiger partial charge in [-0.25, -0.2) is 0 Å². The molecule has 4 atom stereocenters. The van der Waals surface area contributed by atoms with Gasteiger partial charge in [-0.3, -0.25) is 0 Å². The van der Waals surface area contributed by atoms with E-state index in [0.717, 1.165) is 6.42 Å². The SMILES string of the molecule is CCC1OC2(C)C=CC(O)C1O2. The van der Waals surface area contributed by atoms with Gasteiger partial charge in [0.2, 0.25) is 0 Å². The van der Waals surface area contributed by atoms with Gasteiger partial charge in [-0.1, -0.05) is 13.0 Å². The summed E-state index contributed by atoms with van der Waals surface area (Å²) in [6, 6.07) is 0. The van der Waals surface area contributed by atoms with Crippen molar-refractivity contribution in [1.82, 2.24) is 0 Å². The number of hydrogen-bond donors (Lipinski definition) is 1. The van der Waals surface area contributed by atoms with E-state index in [-0.39, 0.29) is 12.2 Å². The summed E-state index contributed by atoms with van der Waals surface area (Å²) in [5.41, 5.74) is 0. The Morgan fingerprint density at radius 1 is 1.50 bits per heavy atom. The standard InChI is InChI=1S/C9H14O3/c1-3-7-8-6(10)4-5-9(2,11-7)12-8/h4-8,10H,3H2,1-2H3. The maximum Gasteiger partial charge on any atom is 0.186 e. The molecule has 2 bridgehead atoms. The lowest BCUT2D eigenvalue weighted by molar-refractivity contribution is -0.137. The van der Waals surface area contributed by atoms with Gasteiger partial charge < -0.3 is 14.6 Å². The minimum Gasteiger partial charge on any atom is -0.386 e. The Balaban J connectivity index is 2.23. The Morgan fingerprint density at radius 2 is 2.25 bits per heavy atom. The molecule has 0 spiro atoms. The number of fused-ring (bicyclic) bond motifs is 2. The first kappa shape index (κ1) is 8.23. The first-order chi connectivity index (χ1) is 5.64. The van der Waals surface area contributed by atoms with Crippen LogP contribution in [0, 0.1) is 0 Å². The molecule has 1 N–H and O–H groups in total. The van der Waals surface area contributed by atoms with Crippen LogP contribution in [0.2, 0.25) is 0 Å². The fourth-order valence-corrected chi connectivity index (χ4v) is 1.81. The molecular weight excluding hydrogens is 156 g/mol. The third-order valence-electron chi connectivity index (χ3n) is 2.46. The van der Waals surface area contributed by atoms with Crippen molar-refractivity contribution < 1.29 is 14.6 Å². The van der Waals surface area contributed by atoms with E-state index >= 15 is 0 Å². The molecular formula is C9H14O3. The van der Waals surface area contributed by atoms with Crippen molar-refractivity contribution in [2.24, 2.45) is 0 Å². The predicted molar refractivity (Wildman–Crippen MR) is 43.6 cm³/mol. The summed E-state index contributed by atoms with van der Waals surface area (Å²) in [7, 11) is 0. The van der Waals surface area contributed by atoms with Crippen LogP contribution >= 0.6 is 0 Å². The molecule has 2 heterocycles.